The summed E-state index contributed by atoms with van der Waals surface area (Å²) >= 11 is 0. The first-order chi connectivity index (χ1) is 8.12. The van der Waals surface area contributed by atoms with Crippen molar-refractivity contribution in [3.05, 3.63) is 48.6 Å². The second-order valence-corrected chi connectivity index (χ2v) is 5.15. The van der Waals surface area contributed by atoms with Gasteiger partial charge >= 0.3 is 0 Å². The fraction of sp³-hybridized carbons (Fsp3) is 0.500. The Labute approximate surface area is 106 Å². The molecular weight excluding hydrogens is 206 g/mol. The molecule has 1 aromatic rings. The molecule has 0 heterocycles. The monoisotopic (exact) mass is 231 g/mol. The van der Waals surface area contributed by atoms with E-state index in [2.05, 4.69) is 63.1 Å². The van der Waals surface area contributed by atoms with Crippen molar-refractivity contribution in [2.24, 2.45) is 0 Å². The minimum absolute atomic E-state index is 0.164. The lowest BCUT2D eigenvalue weighted by Crippen LogP contribution is -2.43. The summed E-state index contributed by atoms with van der Waals surface area (Å²) in [5.74, 6) is 0. The van der Waals surface area contributed by atoms with Crippen LogP contribution in [0.5, 0.6) is 0 Å². The largest absolute Gasteiger partial charge is 0.316 e. The number of unbranched alkanes of at least 4 members (excludes halogenated alkanes) is 1. The third-order valence-corrected chi connectivity index (χ3v) is 3.64. The number of rotatable bonds is 7. The molecule has 1 nitrogen and oxygen atoms in total. The molecule has 1 aromatic carbocycles. The van der Waals surface area contributed by atoms with Gasteiger partial charge in [0.2, 0.25) is 0 Å². The molecule has 1 rings (SSSR count). The zero-order valence-corrected chi connectivity index (χ0v) is 11.4. The van der Waals surface area contributed by atoms with E-state index >= 15 is 0 Å². The predicted octanol–water partition coefficient (Wildman–Crippen LogP) is 3.91. The molecular formula is C16H25N. The lowest BCUT2D eigenvalue weighted by molar-refractivity contribution is 0.335. The molecule has 0 saturated carbocycles. The van der Waals surface area contributed by atoms with Gasteiger partial charge in [-0.1, -0.05) is 50.3 Å². The van der Waals surface area contributed by atoms with Crippen molar-refractivity contribution in [3.8, 4) is 0 Å². The molecule has 1 heteroatoms. The van der Waals surface area contributed by atoms with Gasteiger partial charge in [-0.05, 0) is 31.9 Å². The zero-order chi connectivity index (χ0) is 12.7. The highest BCUT2D eigenvalue weighted by atomic mass is 14.9. The minimum Gasteiger partial charge on any atom is -0.316 e. The van der Waals surface area contributed by atoms with Crippen LogP contribution in [-0.2, 0) is 5.41 Å². The van der Waals surface area contributed by atoms with Gasteiger partial charge < -0.3 is 5.32 Å². The highest BCUT2D eigenvalue weighted by Gasteiger charge is 2.29. The molecule has 17 heavy (non-hydrogen) atoms. The van der Waals surface area contributed by atoms with Crippen LogP contribution in [0.25, 0.3) is 0 Å². The van der Waals surface area contributed by atoms with Gasteiger partial charge in [0.25, 0.3) is 0 Å². The van der Waals surface area contributed by atoms with Crippen LogP contribution < -0.4 is 5.32 Å². The van der Waals surface area contributed by atoms with E-state index in [-0.39, 0.29) is 5.41 Å². The predicted molar refractivity (Wildman–Crippen MR) is 76.4 cm³/mol. The summed E-state index contributed by atoms with van der Waals surface area (Å²) in [5.41, 5.74) is 1.56. The van der Waals surface area contributed by atoms with E-state index in [0.29, 0.717) is 6.04 Å². The normalized spacial score (nSPS) is 13.4. The summed E-state index contributed by atoms with van der Waals surface area (Å²) in [4.78, 5) is 0. The number of likely N-dealkylation sites (N-methyl/N-ethyl adjacent to an activating group) is 1. The standard InChI is InChI=1S/C16H25N/c1-5-6-8-13-15(17-4)16(2,3)14-11-9-7-10-12-14/h5,7,9-12,15,17H,1,6,8,13H2,2-4H3. The lowest BCUT2D eigenvalue weighted by atomic mass is 9.76. The Hall–Kier alpha value is -1.08. The van der Waals surface area contributed by atoms with Gasteiger partial charge in [0.1, 0.15) is 0 Å². The Balaban J connectivity index is 2.75. The van der Waals surface area contributed by atoms with Crippen LogP contribution in [0.15, 0.2) is 43.0 Å². The Morgan fingerprint density at radius 1 is 1.29 bits per heavy atom. The third-order valence-electron chi connectivity index (χ3n) is 3.64. The Morgan fingerprint density at radius 2 is 1.94 bits per heavy atom. The van der Waals surface area contributed by atoms with E-state index < -0.39 is 0 Å². The van der Waals surface area contributed by atoms with Crippen molar-refractivity contribution in [1.29, 1.82) is 0 Å². The summed E-state index contributed by atoms with van der Waals surface area (Å²) in [6.45, 7) is 8.42. The van der Waals surface area contributed by atoms with Gasteiger partial charge in [-0.2, -0.15) is 0 Å². The van der Waals surface area contributed by atoms with Crippen LogP contribution in [0.2, 0.25) is 0 Å². The Kier molecular flexibility index (Phi) is 5.43. The van der Waals surface area contributed by atoms with Crippen molar-refractivity contribution in [2.45, 2.75) is 44.6 Å². The molecule has 1 unspecified atom stereocenters. The van der Waals surface area contributed by atoms with Gasteiger partial charge in [-0.3, -0.25) is 0 Å². The van der Waals surface area contributed by atoms with Crippen LogP contribution in [0.4, 0.5) is 0 Å². The first kappa shape index (κ1) is 14.0. The molecule has 94 valence electrons. The van der Waals surface area contributed by atoms with Crippen LogP contribution in [-0.4, -0.2) is 13.1 Å². The summed E-state index contributed by atoms with van der Waals surface area (Å²) < 4.78 is 0. The van der Waals surface area contributed by atoms with Crippen LogP contribution >= 0.6 is 0 Å². The molecule has 0 spiro atoms. The molecule has 0 aliphatic carbocycles. The second kappa shape index (κ2) is 6.61. The van der Waals surface area contributed by atoms with Crippen LogP contribution in [0.1, 0.15) is 38.7 Å². The fourth-order valence-corrected chi connectivity index (χ4v) is 2.40. The van der Waals surface area contributed by atoms with Gasteiger partial charge in [0.15, 0.2) is 0 Å². The number of nitrogens with one attached hydrogen (secondary N) is 1. The molecule has 1 N–H and O–H groups in total. The highest BCUT2D eigenvalue weighted by molar-refractivity contribution is 5.25. The maximum atomic E-state index is 3.78. The fourth-order valence-electron chi connectivity index (χ4n) is 2.40. The van der Waals surface area contributed by atoms with Gasteiger partial charge in [-0.25, -0.2) is 0 Å². The average molecular weight is 231 g/mol. The molecule has 0 radical (unpaired) electrons. The van der Waals surface area contributed by atoms with E-state index in [4.69, 9.17) is 0 Å². The first-order valence-electron chi connectivity index (χ1n) is 6.46. The maximum Gasteiger partial charge on any atom is 0.0156 e. The summed E-state index contributed by atoms with van der Waals surface area (Å²) in [7, 11) is 2.06. The van der Waals surface area contributed by atoms with E-state index in [1.807, 2.05) is 6.08 Å². The second-order valence-electron chi connectivity index (χ2n) is 5.15. The molecule has 0 fully saturated rings. The van der Waals surface area contributed by atoms with E-state index in [0.717, 1.165) is 6.42 Å². The van der Waals surface area contributed by atoms with Crippen molar-refractivity contribution in [1.82, 2.24) is 5.32 Å². The lowest BCUT2D eigenvalue weighted by Gasteiger charge is -2.35. The average Bonchev–Trinajstić information content (AvgIpc) is 2.35. The van der Waals surface area contributed by atoms with Crippen molar-refractivity contribution >= 4 is 0 Å². The van der Waals surface area contributed by atoms with E-state index in [9.17, 15) is 0 Å². The molecule has 0 aliphatic rings. The van der Waals surface area contributed by atoms with Gasteiger partial charge in [0, 0.05) is 11.5 Å². The number of benzene rings is 1. The summed E-state index contributed by atoms with van der Waals surface area (Å²) in [6.07, 6.45) is 5.49. The molecule has 0 aromatic heterocycles. The minimum atomic E-state index is 0.164. The number of allylic oxidation sites excluding steroid dienone is 1. The molecule has 0 saturated heterocycles. The summed E-state index contributed by atoms with van der Waals surface area (Å²) in [6, 6.07) is 11.3. The first-order valence-corrected chi connectivity index (χ1v) is 6.46. The molecule has 0 amide bonds. The SMILES string of the molecule is C=CCCCC(NC)C(C)(C)c1ccccc1. The van der Waals surface area contributed by atoms with Gasteiger partial charge in [-0.15, -0.1) is 6.58 Å². The maximum absolute atomic E-state index is 3.78. The third kappa shape index (κ3) is 3.71. The Morgan fingerprint density at radius 3 is 2.47 bits per heavy atom. The molecule has 1 atom stereocenters. The highest BCUT2D eigenvalue weighted by Crippen LogP contribution is 2.29. The number of hydrogen-bond donors (Lipinski definition) is 1. The topological polar surface area (TPSA) is 12.0 Å². The molecule has 0 bridgehead atoms. The number of hydrogen-bond acceptors (Lipinski definition) is 1. The van der Waals surface area contributed by atoms with Crippen molar-refractivity contribution in [3.63, 3.8) is 0 Å². The smallest absolute Gasteiger partial charge is 0.0156 e. The Bertz CT molecular complexity index is 327. The van der Waals surface area contributed by atoms with E-state index in [1.54, 1.807) is 0 Å². The summed E-state index contributed by atoms with van der Waals surface area (Å²) in [5, 5.41) is 3.47. The van der Waals surface area contributed by atoms with Crippen molar-refractivity contribution in [2.75, 3.05) is 7.05 Å². The van der Waals surface area contributed by atoms with Crippen LogP contribution in [0.3, 0.4) is 0 Å². The zero-order valence-electron chi connectivity index (χ0n) is 11.4. The molecule has 0 aliphatic heterocycles. The van der Waals surface area contributed by atoms with Crippen molar-refractivity contribution < 1.29 is 0 Å². The van der Waals surface area contributed by atoms with Gasteiger partial charge in [0.05, 0.1) is 0 Å². The van der Waals surface area contributed by atoms with E-state index in [1.165, 1.54) is 18.4 Å². The van der Waals surface area contributed by atoms with Crippen LogP contribution in [0, 0.1) is 0 Å². The quantitative estimate of drug-likeness (QED) is 0.554.